The van der Waals surface area contributed by atoms with E-state index in [-0.39, 0.29) is 29.9 Å². The fraction of sp³-hybridized carbons (Fsp3) is 0.318. The van der Waals surface area contributed by atoms with Gasteiger partial charge in [0, 0.05) is 24.7 Å². The van der Waals surface area contributed by atoms with Crippen molar-refractivity contribution in [2.24, 2.45) is 11.7 Å². The number of carbonyl (C=O) groups excluding carboxylic acids is 3. The second kappa shape index (κ2) is 9.23. The first-order valence-electron chi connectivity index (χ1n) is 9.61. The molecule has 0 unspecified atom stereocenters. The molecule has 0 radical (unpaired) electrons. The van der Waals surface area contributed by atoms with E-state index >= 15 is 0 Å². The van der Waals surface area contributed by atoms with Crippen LogP contribution in [0.25, 0.3) is 0 Å². The van der Waals surface area contributed by atoms with E-state index in [4.69, 9.17) is 10.5 Å². The monoisotopic (exact) mass is 395 g/mol. The summed E-state index contributed by atoms with van der Waals surface area (Å²) in [5, 5.41) is 2.91. The summed E-state index contributed by atoms with van der Waals surface area (Å²) in [5.41, 5.74) is 7.29. The molecular weight excluding hydrogens is 370 g/mol. The highest BCUT2D eigenvalue weighted by Crippen LogP contribution is 2.22. The predicted octanol–water partition coefficient (Wildman–Crippen LogP) is 2.35. The molecule has 29 heavy (non-hydrogen) atoms. The highest BCUT2D eigenvalue weighted by atomic mass is 16.5. The van der Waals surface area contributed by atoms with E-state index in [2.05, 4.69) is 5.32 Å². The van der Waals surface area contributed by atoms with Crippen molar-refractivity contribution < 1.29 is 19.1 Å². The van der Waals surface area contributed by atoms with Gasteiger partial charge in [0.25, 0.3) is 11.8 Å². The van der Waals surface area contributed by atoms with Gasteiger partial charge in [-0.05, 0) is 49.6 Å². The molecule has 0 aliphatic carbocycles. The van der Waals surface area contributed by atoms with Crippen molar-refractivity contribution in [3.8, 4) is 5.75 Å². The third-order valence-corrected chi connectivity index (χ3v) is 5.01. The number of rotatable bonds is 6. The molecule has 0 saturated carbocycles. The maximum atomic E-state index is 12.5. The van der Waals surface area contributed by atoms with Crippen LogP contribution >= 0.6 is 0 Å². The minimum absolute atomic E-state index is 0.0228. The molecule has 7 heteroatoms. The number of nitrogens with zero attached hydrogens (tertiary/aromatic N) is 1. The maximum absolute atomic E-state index is 12.5. The molecule has 2 aromatic carbocycles. The Kier molecular flexibility index (Phi) is 6.49. The third-order valence-electron chi connectivity index (χ3n) is 5.01. The van der Waals surface area contributed by atoms with Crippen LogP contribution in [0.1, 0.15) is 28.8 Å². The zero-order chi connectivity index (χ0) is 20.8. The van der Waals surface area contributed by atoms with E-state index in [0.29, 0.717) is 31.7 Å². The van der Waals surface area contributed by atoms with Crippen molar-refractivity contribution in [2.45, 2.75) is 19.8 Å². The Balaban J connectivity index is 1.50. The van der Waals surface area contributed by atoms with Gasteiger partial charge in [0.05, 0.1) is 5.56 Å². The van der Waals surface area contributed by atoms with Gasteiger partial charge in [0.2, 0.25) is 5.91 Å². The minimum Gasteiger partial charge on any atom is -0.483 e. The molecule has 0 bridgehead atoms. The summed E-state index contributed by atoms with van der Waals surface area (Å²) in [6.07, 6.45) is 1.20. The number of hydrogen-bond donors (Lipinski definition) is 2. The summed E-state index contributed by atoms with van der Waals surface area (Å²) >= 11 is 0. The molecule has 152 valence electrons. The van der Waals surface area contributed by atoms with Crippen molar-refractivity contribution >= 4 is 23.4 Å². The van der Waals surface area contributed by atoms with Crippen molar-refractivity contribution in [3.63, 3.8) is 0 Å². The highest BCUT2D eigenvalue weighted by Gasteiger charge is 2.27. The molecular formula is C22H25N3O4. The summed E-state index contributed by atoms with van der Waals surface area (Å²) in [7, 11) is 0. The SMILES string of the molecule is Cc1ccc(C(N)=O)c(OCC(=O)N2CCC(C(=O)Nc3ccccc3)CC2)c1. The quantitative estimate of drug-likeness (QED) is 0.784. The smallest absolute Gasteiger partial charge is 0.260 e. The molecule has 1 heterocycles. The average molecular weight is 395 g/mol. The van der Waals surface area contributed by atoms with Gasteiger partial charge in [-0.2, -0.15) is 0 Å². The lowest BCUT2D eigenvalue weighted by molar-refractivity contribution is -0.136. The number of primary amides is 1. The van der Waals surface area contributed by atoms with Crippen molar-refractivity contribution in [1.82, 2.24) is 4.90 Å². The van der Waals surface area contributed by atoms with Crippen molar-refractivity contribution in [2.75, 3.05) is 25.0 Å². The number of benzene rings is 2. The number of para-hydroxylation sites is 1. The highest BCUT2D eigenvalue weighted by molar-refractivity contribution is 5.96. The van der Waals surface area contributed by atoms with E-state index in [1.165, 1.54) is 0 Å². The molecule has 0 aromatic heterocycles. The van der Waals surface area contributed by atoms with Crippen LogP contribution in [-0.2, 0) is 9.59 Å². The number of carbonyl (C=O) groups is 3. The largest absolute Gasteiger partial charge is 0.483 e. The standard InChI is InChI=1S/C22H25N3O4/c1-15-7-8-18(21(23)27)19(13-15)29-14-20(26)25-11-9-16(10-12-25)22(28)24-17-5-3-2-4-6-17/h2-8,13,16H,9-12,14H2,1H3,(H2,23,27)(H,24,28). The molecule has 1 aliphatic rings. The number of ether oxygens (including phenoxy) is 1. The Bertz CT molecular complexity index is 890. The number of nitrogens with two attached hydrogens (primary N) is 1. The van der Waals surface area contributed by atoms with E-state index in [1.54, 1.807) is 23.1 Å². The van der Waals surface area contributed by atoms with E-state index in [9.17, 15) is 14.4 Å². The summed E-state index contributed by atoms with van der Waals surface area (Å²) in [4.78, 5) is 38.1. The number of aryl methyl sites for hydroxylation is 1. The number of amides is 3. The second-order valence-electron chi connectivity index (χ2n) is 7.16. The Labute approximate surface area is 169 Å². The second-order valence-corrected chi connectivity index (χ2v) is 7.16. The van der Waals surface area contributed by atoms with Crippen LogP contribution in [-0.4, -0.2) is 42.3 Å². The van der Waals surface area contributed by atoms with Gasteiger partial charge in [0.15, 0.2) is 6.61 Å². The Morgan fingerprint density at radius 3 is 2.45 bits per heavy atom. The number of likely N-dealkylation sites (tertiary alicyclic amines) is 1. The molecule has 1 saturated heterocycles. The lowest BCUT2D eigenvalue weighted by Crippen LogP contribution is -2.43. The minimum atomic E-state index is -0.599. The Hall–Kier alpha value is -3.35. The maximum Gasteiger partial charge on any atom is 0.260 e. The third kappa shape index (κ3) is 5.34. The van der Waals surface area contributed by atoms with Crippen molar-refractivity contribution in [3.05, 3.63) is 59.7 Å². The molecule has 3 N–H and O–H groups in total. The molecule has 7 nitrogen and oxygen atoms in total. The van der Waals surface area contributed by atoms with Crippen LogP contribution in [0, 0.1) is 12.8 Å². The van der Waals surface area contributed by atoms with Gasteiger partial charge < -0.3 is 20.7 Å². The zero-order valence-electron chi connectivity index (χ0n) is 16.4. The van der Waals surface area contributed by atoms with Gasteiger partial charge in [0.1, 0.15) is 5.75 Å². The number of hydrogen-bond acceptors (Lipinski definition) is 4. The molecule has 1 aliphatic heterocycles. The predicted molar refractivity (Wildman–Crippen MR) is 110 cm³/mol. The van der Waals surface area contributed by atoms with Gasteiger partial charge in [-0.25, -0.2) is 0 Å². The molecule has 2 aromatic rings. The fourth-order valence-corrected chi connectivity index (χ4v) is 3.34. The summed E-state index contributed by atoms with van der Waals surface area (Å²) in [5.74, 6) is -0.617. The lowest BCUT2D eigenvalue weighted by atomic mass is 9.95. The van der Waals surface area contributed by atoms with Crippen LogP contribution in [0.5, 0.6) is 5.75 Å². The van der Waals surface area contributed by atoms with Crippen LogP contribution in [0.3, 0.4) is 0 Å². The zero-order valence-corrected chi connectivity index (χ0v) is 16.4. The van der Waals surface area contributed by atoms with Gasteiger partial charge in [-0.15, -0.1) is 0 Å². The fourth-order valence-electron chi connectivity index (χ4n) is 3.34. The normalized spacial score (nSPS) is 14.3. The van der Waals surface area contributed by atoms with Gasteiger partial charge >= 0.3 is 0 Å². The molecule has 3 amide bonds. The molecule has 1 fully saturated rings. The number of anilines is 1. The molecule has 0 spiro atoms. The topological polar surface area (TPSA) is 102 Å². The number of nitrogens with one attached hydrogen (secondary N) is 1. The van der Waals surface area contributed by atoms with E-state index < -0.39 is 5.91 Å². The van der Waals surface area contributed by atoms with Crippen LogP contribution in [0.2, 0.25) is 0 Å². The Morgan fingerprint density at radius 1 is 1.10 bits per heavy atom. The van der Waals surface area contributed by atoms with Crippen LogP contribution in [0.4, 0.5) is 5.69 Å². The molecule has 3 rings (SSSR count). The van der Waals surface area contributed by atoms with Gasteiger partial charge in [-0.3, -0.25) is 14.4 Å². The molecule has 0 atom stereocenters. The summed E-state index contributed by atoms with van der Waals surface area (Å²) < 4.78 is 5.58. The van der Waals surface area contributed by atoms with E-state index in [0.717, 1.165) is 11.3 Å². The first kappa shape index (κ1) is 20.4. The van der Waals surface area contributed by atoms with Crippen molar-refractivity contribution in [1.29, 1.82) is 0 Å². The summed E-state index contributed by atoms with van der Waals surface area (Å²) in [6.45, 7) is 2.67. The van der Waals surface area contributed by atoms with Gasteiger partial charge in [-0.1, -0.05) is 24.3 Å². The Morgan fingerprint density at radius 2 is 1.79 bits per heavy atom. The van der Waals surface area contributed by atoms with Crippen LogP contribution < -0.4 is 15.8 Å². The lowest BCUT2D eigenvalue weighted by Gasteiger charge is -2.31. The average Bonchev–Trinajstić information content (AvgIpc) is 2.72. The first-order valence-corrected chi connectivity index (χ1v) is 9.61. The van der Waals surface area contributed by atoms with E-state index in [1.807, 2.05) is 37.3 Å². The first-order chi connectivity index (χ1) is 13.9. The van der Waals surface area contributed by atoms with Crippen LogP contribution in [0.15, 0.2) is 48.5 Å². The summed E-state index contributed by atoms with van der Waals surface area (Å²) in [6, 6.07) is 14.4. The number of piperidine rings is 1.